The molecule has 0 aliphatic carbocycles. The highest BCUT2D eigenvalue weighted by Crippen LogP contribution is 2.35. The molecule has 3 heteroatoms. The molecule has 106 valence electrons. The minimum Gasteiger partial charge on any atom is -0.457 e. The average molecular weight is 290 g/mol. The Morgan fingerprint density at radius 3 is 2.50 bits per heavy atom. The quantitative estimate of drug-likeness (QED) is 0.830. The van der Waals surface area contributed by atoms with Crippen LogP contribution in [-0.2, 0) is 6.54 Å². The number of para-hydroxylation sites is 1. The zero-order valence-electron chi connectivity index (χ0n) is 11.9. The van der Waals surface area contributed by atoms with Crippen molar-refractivity contribution in [1.82, 2.24) is 0 Å². The summed E-state index contributed by atoms with van der Waals surface area (Å²) in [7, 11) is 0. The molecule has 0 heterocycles. The average Bonchev–Trinajstić information content (AvgIpc) is 2.47. The molecule has 0 amide bonds. The molecule has 2 rings (SSSR count). The molecule has 0 aliphatic heterocycles. The first kappa shape index (κ1) is 14.9. The minimum absolute atomic E-state index is 0.362. The zero-order valence-corrected chi connectivity index (χ0v) is 12.7. The molecule has 0 bridgehead atoms. The highest BCUT2D eigenvalue weighted by Gasteiger charge is 2.13. The molecule has 20 heavy (non-hydrogen) atoms. The van der Waals surface area contributed by atoms with Crippen molar-refractivity contribution in [2.75, 3.05) is 0 Å². The summed E-state index contributed by atoms with van der Waals surface area (Å²) < 4.78 is 6.07. The van der Waals surface area contributed by atoms with Crippen LogP contribution in [0.5, 0.6) is 11.5 Å². The number of ether oxygens (including phenoxy) is 1. The number of nitrogens with two attached hydrogens (primary N) is 1. The lowest BCUT2D eigenvalue weighted by Crippen LogP contribution is -2.02. The maximum atomic E-state index is 6.17. The Labute approximate surface area is 125 Å². The second-order valence-corrected chi connectivity index (χ2v) is 5.28. The number of hydrogen-bond acceptors (Lipinski definition) is 2. The monoisotopic (exact) mass is 289 g/mol. The highest BCUT2D eigenvalue weighted by molar-refractivity contribution is 6.31. The van der Waals surface area contributed by atoms with Gasteiger partial charge < -0.3 is 10.5 Å². The lowest BCUT2D eigenvalue weighted by atomic mass is 9.98. The van der Waals surface area contributed by atoms with Crippen molar-refractivity contribution < 1.29 is 4.74 Å². The maximum Gasteiger partial charge on any atom is 0.133 e. The first-order chi connectivity index (χ1) is 9.67. The van der Waals surface area contributed by atoms with Crippen molar-refractivity contribution in [2.24, 2.45) is 5.73 Å². The van der Waals surface area contributed by atoms with Crippen molar-refractivity contribution in [3.05, 3.63) is 58.6 Å². The summed E-state index contributed by atoms with van der Waals surface area (Å²) in [6.45, 7) is 4.73. The Balaban J connectivity index is 2.38. The van der Waals surface area contributed by atoms with E-state index in [2.05, 4.69) is 19.9 Å². The predicted molar refractivity (Wildman–Crippen MR) is 84.6 cm³/mol. The molecule has 0 fully saturated rings. The summed E-state index contributed by atoms with van der Waals surface area (Å²) in [5.74, 6) is 2.06. The predicted octanol–water partition coefficient (Wildman–Crippen LogP) is 5.10. The Bertz CT molecular complexity index is 583. The first-order valence-corrected chi connectivity index (χ1v) is 7.29. The van der Waals surface area contributed by atoms with Gasteiger partial charge in [-0.3, -0.25) is 0 Å². The maximum absolute atomic E-state index is 6.17. The van der Waals surface area contributed by atoms with Gasteiger partial charge in [0.1, 0.15) is 11.5 Å². The van der Waals surface area contributed by atoms with Crippen LogP contribution < -0.4 is 10.5 Å². The van der Waals surface area contributed by atoms with Crippen LogP contribution in [0.15, 0.2) is 42.5 Å². The van der Waals surface area contributed by atoms with Crippen LogP contribution in [0.1, 0.15) is 37.3 Å². The summed E-state index contributed by atoms with van der Waals surface area (Å²) in [6.07, 6.45) is 1.07. The van der Waals surface area contributed by atoms with Crippen molar-refractivity contribution in [3.8, 4) is 11.5 Å². The van der Waals surface area contributed by atoms with E-state index in [1.807, 2.05) is 36.4 Å². The fourth-order valence-corrected chi connectivity index (χ4v) is 2.39. The number of benzene rings is 2. The van der Waals surface area contributed by atoms with Crippen LogP contribution in [0.4, 0.5) is 0 Å². The fraction of sp³-hybridized carbons (Fsp3) is 0.294. The van der Waals surface area contributed by atoms with E-state index in [0.717, 1.165) is 23.5 Å². The molecule has 2 nitrogen and oxygen atoms in total. The van der Waals surface area contributed by atoms with Crippen molar-refractivity contribution in [3.63, 3.8) is 0 Å². The number of rotatable bonds is 5. The largest absolute Gasteiger partial charge is 0.457 e. The Morgan fingerprint density at radius 2 is 1.80 bits per heavy atom. The van der Waals surface area contributed by atoms with Gasteiger partial charge in [-0.15, -0.1) is 0 Å². The molecule has 0 saturated heterocycles. The van der Waals surface area contributed by atoms with Gasteiger partial charge in [-0.05, 0) is 36.1 Å². The van der Waals surface area contributed by atoms with E-state index in [1.165, 1.54) is 5.56 Å². The molecular weight excluding hydrogens is 270 g/mol. The summed E-state index contributed by atoms with van der Waals surface area (Å²) in [5, 5.41) is 0.644. The lowest BCUT2D eigenvalue weighted by Gasteiger charge is -2.17. The minimum atomic E-state index is 0.362. The summed E-state index contributed by atoms with van der Waals surface area (Å²) in [6, 6.07) is 13.7. The summed E-state index contributed by atoms with van der Waals surface area (Å²) in [4.78, 5) is 0. The van der Waals surface area contributed by atoms with Crippen LogP contribution in [0, 0.1) is 0 Å². The summed E-state index contributed by atoms with van der Waals surface area (Å²) in [5.41, 5.74) is 7.81. The van der Waals surface area contributed by atoms with Gasteiger partial charge in [0.2, 0.25) is 0 Å². The summed E-state index contributed by atoms with van der Waals surface area (Å²) >= 11 is 6.17. The van der Waals surface area contributed by atoms with E-state index in [9.17, 15) is 0 Å². The first-order valence-electron chi connectivity index (χ1n) is 6.91. The molecule has 2 aromatic carbocycles. The van der Waals surface area contributed by atoms with E-state index < -0.39 is 0 Å². The van der Waals surface area contributed by atoms with Gasteiger partial charge in [0.25, 0.3) is 0 Å². The molecule has 0 aromatic heterocycles. The second kappa shape index (κ2) is 6.78. The zero-order chi connectivity index (χ0) is 14.5. The van der Waals surface area contributed by atoms with E-state index >= 15 is 0 Å². The van der Waals surface area contributed by atoms with Gasteiger partial charge in [0.05, 0.1) is 0 Å². The van der Waals surface area contributed by atoms with Crippen LogP contribution in [-0.4, -0.2) is 0 Å². The lowest BCUT2D eigenvalue weighted by molar-refractivity contribution is 0.464. The standard InChI is InChI=1S/C17H20ClNO/c1-3-12(2)13-7-4-5-9-16(13)20-17-10-6-8-15(18)14(17)11-19/h4-10,12H,3,11,19H2,1-2H3. The highest BCUT2D eigenvalue weighted by atomic mass is 35.5. The van der Waals surface area contributed by atoms with Crippen LogP contribution in [0.3, 0.4) is 0 Å². The van der Waals surface area contributed by atoms with Gasteiger partial charge in [-0.1, -0.05) is 49.7 Å². The third-order valence-corrected chi connectivity index (χ3v) is 3.92. The second-order valence-electron chi connectivity index (χ2n) is 4.87. The molecule has 0 aliphatic rings. The molecule has 2 N–H and O–H groups in total. The normalized spacial score (nSPS) is 12.2. The topological polar surface area (TPSA) is 35.2 Å². The van der Waals surface area contributed by atoms with Gasteiger partial charge in [-0.2, -0.15) is 0 Å². The number of halogens is 1. The Morgan fingerprint density at radius 1 is 1.10 bits per heavy atom. The van der Waals surface area contributed by atoms with Gasteiger partial charge in [0, 0.05) is 17.1 Å². The van der Waals surface area contributed by atoms with Crippen molar-refractivity contribution >= 4 is 11.6 Å². The third kappa shape index (κ3) is 3.14. The van der Waals surface area contributed by atoms with E-state index in [0.29, 0.717) is 17.5 Å². The molecule has 0 spiro atoms. The Hall–Kier alpha value is -1.51. The van der Waals surface area contributed by atoms with Gasteiger partial charge in [0.15, 0.2) is 0 Å². The van der Waals surface area contributed by atoms with Crippen LogP contribution in [0.2, 0.25) is 5.02 Å². The molecular formula is C17H20ClNO. The van der Waals surface area contributed by atoms with Gasteiger partial charge >= 0.3 is 0 Å². The third-order valence-electron chi connectivity index (χ3n) is 3.56. The Kier molecular flexibility index (Phi) is 5.05. The smallest absolute Gasteiger partial charge is 0.133 e. The molecule has 2 aromatic rings. The van der Waals surface area contributed by atoms with Crippen LogP contribution in [0.25, 0.3) is 0 Å². The van der Waals surface area contributed by atoms with E-state index in [1.54, 1.807) is 0 Å². The molecule has 0 saturated carbocycles. The van der Waals surface area contributed by atoms with E-state index in [4.69, 9.17) is 22.1 Å². The fourth-order valence-electron chi connectivity index (χ4n) is 2.15. The number of hydrogen-bond donors (Lipinski definition) is 1. The molecule has 1 unspecified atom stereocenters. The SMILES string of the molecule is CCC(C)c1ccccc1Oc1cccc(Cl)c1CN. The van der Waals surface area contributed by atoms with Crippen molar-refractivity contribution in [1.29, 1.82) is 0 Å². The molecule has 1 atom stereocenters. The van der Waals surface area contributed by atoms with E-state index in [-0.39, 0.29) is 0 Å². The van der Waals surface area contributed by atoms with Gasteiger partial charge in [-0.25, -0.2) is 0 Å². The van der Waals surface area contributed by atoms with Crippen LogP contribution >= 0.6 is 11.6 Å². The van der Waals surface area contributed by atoms with Crippen molar-refractivity contribution in [2.45, 2.75) is 32.7 Å². The molecule has 0 radical (unpaired) electrons.